The molecule has 0 unspecified atom stereocenters. The van der Waals surface area contributed by atoms with Crippen molar-refractivity contribution in [3.05, 3.63) is 59.7 Å². The molecule has 0 fully saturated rings. The number of carbonyl (C=O) groups excluding carboxylic acids is 4. The molecule has 2 aliphatic heterocycles. The molecule has 8 heteroatoms. The minimum Gasteiger partial charge on any atom is -0.482 e. The summed E-state index contributed by atoms with van der Waals surface area (Å²) in [5, 5.41) is 0.460. The second kappa shape index (κ2) is 6.56. The highest BCUT2D eigenvalue weighted by molar-refractivity contribution is 6.20. The van der Waals surface area contributed by atoms with Crippen molar-refractivity contribution in [3.8, 4) is 5.75 Å². The highest BCUT2D eigenvalue weighted by Crippen LogP contribution is 2.31. The predicted molar refractivity (Wildman–Crippen MR) is 91.9 cm³/mol. The fourth-order valence-electron chi connectivity index (χ4n) is 3.00. The average Bonchev–Trinajstić information content (AvgIpc) is 2.92. The zero-order chi connectivity index (χ0) is 19.0. The van der Waals surface area contributed by atoms with Crippen molar-refractivity contribution in [1.82, 2.24) is 5.06 Å². The van der Waals surface area contributed by atoms with Crippen LogP contribution < -0.4 is 9.64 Å². The fraction of sp³-hybridized carbons (Fsp3) is 0.158. The van der Waals surface area contributed by atoms with Crippen LogP contribution in [0.4, 0.5) is 5.69 Å². The normalized spacial score (nSPS) is 15.3. The van der Waals surface area contributed by atoms with E-state index in [1.807, 2.05) is 0 Å². The van der Waals surface area contributed by atoms with E-state index in [-0.39, 0.29) is 36.6 Å². The Bertz CT molecular complexity index is 935. The van der Waals surface area contributed by atoms with Gasteiger partial charge in [0.1, 0.15) is 5.75 Å². The van der Waals surface area contributed by atoms with Gasteiger partial charge >= 0.3 is 5.97 Å². The van der Waals surface area contributed by atoms with Gasteiger partial charge in [-0.3, -0.25) is 14.4 Å². The SMILES string of the molecule is O=C(CCN1C(=O)COc2ccccc21)ON1C(=O)c2ccccc2C1=O. The number of anilines is 1. The van der Waals surface area contributed by atoms with Gasteiger partial charge in [-0.1, -0.05) is 29.3 Å². The lowest BCUT2D eigenvalue weighted by Gasteiger charge is -2.29. The molecule has 0 saturated carbocycles. The summed E-state index contributed by atoms with van der Waals surface area (Å²) in [6.07, 6.45) is -0.187. The van der Waals surface area contributed by atoms with Crippen molar-refractivity contribution in [2.45, 2.75) is 6.42 Å². The Labute approximate surface area is 153 Å². The van der Waals surface area contributed by atoms with Crippen LogP contribution in [0.15, 0.2) is 48.5 Å². The molecule has 8 nitrogen and oxygen atoms in total. The van der Waals surface area contributed by atoms with Crippen LogP contribution in [0.25, 0.3) is 0 Å². The first kappa shape index (κ1) is 16.8. The molecule has 2 heterocycles. The minimum absolute atomic E-state index is 0.0429. The van der Waals surface area contributed by atoms with Gasteiger partial charge in [-0.15, -0.1) is 0 Å². The molecule has 0 aromatic heterocycles. The third kappa shape index (κ3) is 2.91. The monoisotopic (exact) mass is 366 g/mol. The van der Waals surface area contributed by atoms with Gasteiger partial charge in [0.15, 0.2) is 6.61 Å². The van der Waals surface area contributed by atoms with Crippen LogP contribution in [0.2, 0.25) is 0 Å². The second-order valence-electron chi connectivity index (χ2n) is 5.97. The van der Waals surface area contributed by atoms with E-state index in [1.165, 1.54) is 17.0 Å². The molecule has 2 aromatic carbocycles. The number of ether oxygens (including phenoxy) is 1. The molecule has 0 spiro atoms. The number of hydrogen-bond acceptors (Lipinski definition) is 6. The molecular weight excluding hydrogens is 352 g/mol. The summed E-state index contributed by atoms with van der Waals surface area (Å²) in [6.45, 7) is -0.0777. The maximum absolute atomic E-state index is 12.2. The summed E-state index contributed by atoms with van der Waals surface area (Å²) in [5.74, 6) is -1.90. The standard InChI is InChI=1S/C19H14N2O6/c22-16-11-26-15-8-4-3-7-14(15)20(16)10-9-17(23)27-21-18(24)12-5-1-2-6-13(12)19(21)25/h1-8H,9-11H2. The first-order valence-electron chi connectivity index (χ1n) is 8.27. The summed E-state index contributed by atoms with van der Waals surface area (Å²) in [5.41, 5.74) is 0.933. The summed E-state index contributed by atoms with van der Waals surface area (Å²) in [4.78, 5) is 55.1. The van der Waals surface area contributed by atoms with Crippen LogP contribution in [0.3, 0.4) is 0 Å². The van der Waals surface area contributed by atoms with Gasteiger partial charge < -0.3 is 14.5 Å². The van der Waals surface area contributed by atoms with Crippen LogP contribution in [-0.4, -0.2) is 41.9 Å². The number of rotatable bonds is 4. The first-order valence-corrected chi connectivity index (χ1v) is 8.27. The van der Waals surface area contributed by atoms with Gasteiger partial charge in [0.25, 0.3) is 17.7 Å². The number of hydroxylamine groups is 2. The molecule has 0 radical (unpaired) electrons. The van der Waals surface area contributed by atoms with Crippen molar-refractivity contribution < 1.29 is 28.8 Å². The lowest BCUT2D eigenvalue weighted by molar-refractivity contribution is -0.168. The van der Waals surface area contributed by atoms with E-state index in [1.54, 1.807) is 36.4 Å². The van der Waals surface area contributed by atoms with Crippen molar-refractivity contribution >= 4 is 29.4 Å². The number of carbonyl (C=O) groups is 4. The Morgan fingerprint density at radius 2 is 1.59 bits per heavy atom. The lowest BCUT2D eigenvalue weighted by atomic mass is 10.1. The van der Waals surface area contributed by atoms with Crippen molar-refractivity contribution in [1.29, 1.82) is 0 Å². The van der Waals surface area contributed by atoms with Crippen LogP contribution >= 0.6 is 0 Å². The molecule has 4 rings (SSSR count). The van der Waals surface area contributed by atoms with Crippen molar-refractivity contribution in [2.75, 3.05) is 18.1 Å². The smallest absolute Gasteiger partial charge is 0.335 e. The zero-order valence-electron chi connectivity index (χ0n) is 14.1. The fourth-order valence-corrected chi connectivity index (χ4v) is 3.00. The number of imide groups is 1. The number of fused-ring (bicyclic) bond motifs is 2. The second-order valence-corrected chi connectivity index (χ2v) is 5.97. The zero-order valence-corrected chi connectivity index (χ0v) is 14.1. The number of hydrogen-bond donors (Lipinski definition) is 0. The quantitative estimate of drug-likeness (QED) is 0.763. The minimum atomic E-state index is -0.790. The van der Waals surface area contributed by atoms with Crippen LogP contribution in [0, 0.1) is 0 Å². The van der Waals surface area contributed by atoms with Crippen LogP contribution in [0.5, 0.6) is 5.75 Å². The van der Waals surface area contributed by atoms with E-state index < -0.39 is 17.8 Å². The van der Waals surface area contributed by atoms with Gasteiger partial charge in [-0.05, 0) is 24.3 Å². The molecule has 0 saturated heterocycles. The van der Waals surface area contributed by atoms with Gasteiger partial charge in [0.2, 0.25) is 0 Å². The average molecular weight is 366 g/mol. The van der Waals surface area contributed by atoms with Gasteiger partial charge in [-0.2, -0.15) is 0 Å². The first-order chi connectivity index (χ1) is 13.1. The molecule has 0 N–H and O–H groups in total. The number of para-hydroxylation sites is 2. The lowest BCUT2D eigenvalue weighted by Crippen LogP contribution is -2.41. The Balaban J connectivity index is 1.42. The molecular formula is C19H14N2O6. The van der Waals surface area contributed by atoms with E-state index >= 15 is 0 Å². The maximum atomic E-state index is 12.2. The Morgan fingerprint density at radius 1 is 0.963 bits per heavy atom. The summed E-state index contributed by atoms with van der Waals surface area (Å²) < 4.78 is 5.34. The Morgan fingerprint density at radius 3 is 2.30 bits per heavy atom. The largest absolute Gasteiger partial charge is 0.482 e. The van der Waals surface area contributed by atoms with E-state index in [4.69, 9.17) is 9.57 Å². The molecule has 27 heavy (non-hydrogen) atoms. The highest BCUT2D eigenvalue weighted by Gasteiger charge is 2.38. The van der Waals surface area contributed by atoms with E-state index in [0.717, 1.165) is 0 Å². The maximum Gasteiger partial charge on any atom is 0.335 e. The van der Waals surface area contributed by atoms with E-state index in [0.29, 0.717) is 16.5 Å². The molecule has 2 aliphatic rings. The summed E-state index contributed by atoms with van der Waals surface area (Å²) in [6, 6.07) is 13.2. The van der Waals surface area contributed by atoms with Gasteiger partial charge in [-0.25, -0.2) is 4.79 Å². The number of nitrogens with zero attached hydrogens (tertiary/aromatic N) is 2. The van der Waals surface area contributed by atoms with Crippen molar-refractivity contribution in [2.24, 2.45) is 0 Å². The van der Waals surface area contributed by atoms with E-state index in [2.05, 4.69) is 0 Å². The molecule has 0 aliphatic carbocycles. The summed E-state index contributed by atoms with van der Waals surface area (Å²) >= 11 is 0. The van der Waals surface area contributed by atoms with Crippen LogP contribution in [-0.2, 0) is 14.4 Å². The third-order valence-corrected chi connectivity index (χ3v) is 4.30. The topological polar surface area (TPSA) is 93.2 Å². The van der Waals surface area contributed by atoms with Gasteiger partial charge in [0.05, 0.1) is 23.2 Å². The molecule has 0 atom stereocenters. The van der Waals surface area contributed by atoms with Crippen molar-refractivity contribution in [3.63, 3.8) is 0 Å². The summed E-state index contributed by atoms with van der Waals surface area (Å²) in [7, 11) is 0. The molecule has 3 amide bonds. The van der Waals surface area contributed by atoms with E-state index in [9.17, 15) is 19.2 Å². The molecule has 0 bridgehead atoms. The molecule has 2 aromatic rings. The predicted octanol–water partition coefficient (Wildman–Crippen LogP) is 1.56. The number of benzene rings is 2. The highest BCUT2D eigenvalue weighted by atomic mass is 16.7. The van der Waals surface area contributed by atoms with Crippen LogP contribution in [0.1, 0.15) is 27.1 Å². The molecule has 136 valence electrons. The Kier molecular flexibility index (Phi) is 4.08. The van der Waals surface area contributed by atoms with Gasteiger partial charge in [0, 0.05) is 6.54 Å². The number of amides is 3. The third-order valence-electron chi connectivity index (χ3n) is 4.30. The Hall–Kier alpha value is -3.68.